The average molecular weight is 428 g/mol. The zero-order valence-corrected chi connectivity index (χ0v) is 18.2. The van der Waals surface area contributed by atoms with E-state index in [9.17, 15) is 0 Å². The van der Waals surface area contributed by atoms with Gasteiger partial charge in [-0.15, -0.1) is 5.10 Å². The van der Waals surface area contributed by atoms with Gasteiger partial charge in [0.25, 0.3) is 0 Å². The van der Waals surface area contributed by atoms with Crippen LogP contribution in [0.15, 0.2) is 66.7 Å². The molecule has 1 aliphatic carbocycles. The van der Waals surface area contributed by atoms with E-state index in [4.69, 9.17) is 10.5 Å². The molecule has 32 heavy (non-hydrogen) atoms. The van der Waals surface area contributed by atoms with E-state index < -0.39 is 0 Å². The molecular weight excluding hydrogens is 398 g/mol. The first-order chi connectivity index (χ1) is 15.8. The van der Waals surface area contributed by atoms with Crippen molar-refractivity contribution in [3.05, 3.63) is 83.4 Å². The van der Waals surface area contributed by atoms with Gasteiger partial charge in [-0.25, -0.2) is 10.1 Å². The number of aromatic amines is 1. The fourth-order valence-corrected chi connectivity index (χ4v) is 4.98. The molecule has 0 aliphatic heterocycles. The smallest absolute Gasteiger partial charge is 0.178 e. The molecule has 1 unspecified atom stereocenters. The summed E-state index contributed by atoms with van der Waals surface area (Å²) in [6.45, 7) is 0.696. The zero-order valence-electron chi connectivity index (χ0n) is 18.2. The molecule has 0 spiro atoms. The van der Waals surface area contributed by atoms with Crippen molar-refractivity contribution < 1.29 is 4.74 Å². The van der Waals surface area contributed by atoms with Gasteiger partial charge < -0.3 is 10.5 Å². The van der Waals surface area contributed by atoms with Crippen LogP contribution in [0.5, 0.6) is 0 Å². The van der Waals surface area contributed by atoms with E-state index in [1.54, 1.807) is 0 Å². The predicted octanol–water partition coefficient (Wildman–Crippen LogP) is 5.20. The number of H-pyrrole nitrogens is 1. The summed E-state index contributed by atoms with van der Waals surface area (Å²) in [6, 6.07) is 23.3. The van der Waals surface area contributed by atoms with Crippen molar-refractivity contribution in [2.24, 2.45) is 0 Å². The highest BCUT2D eigenvalue weighted by Crippen LogP contribution is 2.35. The van der Waals surface area contributed by atoms with Gasteiger partial charge in [0.1, 0.15) is 11.3 Å². The number of aromatic nitrogens is 4. The molecule has 164 valence electrons. The van der Waals surface area contributed by atoms with Crippen LogP contribution < -0.4 is 5.73 Å². The number of pyridine rings is 1. The molecule has 1 fully saturated rings. The Balaban J connectivity index is 1.26. The summed E-state index contributed by atoms with van der Waals surface area (Å²) < 4.78 is 6.37. The maximum Gasteiger partial charge on any atom is 0.178 e. The molecule has 0 bridgehead atoms. The van der Waals surface area contributed by atoms with E-state index >= 15 is 0 Å². The maximum atomic E-state index is 6.37. The third-order valence-electron chi connectivity index (χ3n) is 6.63. The number of hydrogen-bond acceptors (Lipinski definition) is 5. The minimum Gasteiger partial charge on any atom is -0.384 e. The number of rotatable bonds is 7. The molecular formula is C26H29N5O. The molecule has 4 aromatic rings. The van der Waals surface area contributed by atoms with Crippen LogP contribution in [0, 0.1) is 0 Å². The molecule has 0 saturated heterocycles. The third-order valence-corrected chi connectivity index (χ3v) is 6.63. The summed E-state index contributed by atoms with van der Waals surface area (Å²) >= 11 is 0. The van der Waals surface area contributed by atoms with Crippen molar-refractivity contribution in [1.29, 1.82) is 0 Å². The quantitative estimate of drug-likeness (QED) is 0.423. The van der Waals surface area contributed by atoms with E-state index in [-0.39, 0.29) is 5.92 Å². The van der Waals surface area contributed by atoms with Crippen molar-refractivity contribution in [1.82, 2.24) is 20.4 Å². The molecule has 1 aliphatic rings. The fraction of sp³-hybridized carbons (Fsp3) is 0.346. The predicted molar refractivity (Wildman–Crippen MR) is 126 cm³/mol. The van der Waals surface area contributed by atoms with Gasteiger partial charge in [-0.2, -0.15) is 0 Å². The molecule has 1 saturated carbocycles. The van der Waals surface area contributed by atoms with Crippen molar-refractivity contribution in [3.8, 4) is 0 Å². The Morgan fingerprint density at radius 1 is 0.969 bits per heavy atom. The number of fused-ring (bicyclic) bond motifs is 1. The van der Waals surface area contributed by atoms with Gasteiger partial charge in [0.15, 0.2) is 5.65 Å². The highest BCUT2D eigenvalue weighted by molar-refractivity contribution is 5.77. The molecule has 6 nitrogen and oxygen atoms in total. The SMILES string of the molecule is Nc1cc(C(CCO[C@H]2CC[C@H](c3ccccc3)CC2)c2ccccc2)c2nn[nH]c2n1. The second-order valence-electron chi connectivity index (χ2n) is 8.65. The van der Waals surface area contributed by atoms with E-state index in [1.807, 2.05) is 12.1 Å². The summed E-state index contributed by atoms with van der Waals surface area (Å²) in [6.07, 6.45) is 5.81. The first kappa shape index (κ1) is 20.6. The van der Waals surface area contributed by atoms with Crippen LogP contribution in [0.3, 0.4) is 0 Å². The Labute approximate surface area is 188 Å². The number of anilines is 1. The highest BCUT2D eigenvalue weighted by Gasteiger charge is 2.24. The summed E-state index contributed by atoms with van der Waals surface area (Å²) in [5.41, 5.74) is 11.2. The molecule has 2 heterocycles. The van der Waals surface area contributed by atoms with Gasteiger partial charge in [-0.1, -0.05) is 65.9 Å². The van der Waals surface area contributed by atoms with Gasteiger partial charge in [0, 0.05) is 12.5 Å². The Morgan fingerprint density at radius 3 is 2.44 bits per heavy atom. The van der Waals surface area contributed by atoms with Crippen LogP contribution in [0.4, 0.5) is 5.82 Å². The van der Waals surface area contributed by atoms with Gasteiger partial charge >= 0.3 is 0 Å². The van der Waals surface area contributed by atoms with E-state index in [1.165, 1.54) is 24.0 Å². The molecule has 0 amide bonds. The minimum absolute atomic E-state index is 0.120. The van der Waals surface area contributed by atoms with E-state index in [0.717, 1.165) is 30.3 Å². The van der Waals surface area contributed by atoms with Crippen molar-refractivity contribution in [2.75, 3.05) is 12.3 Å². The summed E-state index contributed by atoms with van der Waals surface area (Å²) in [7, 11) is 0. The number of hydrogen-bond donors (Lipinski definition) is 2. The van der Waals surface area contributed by atoms with Crippen LogP contribution in [0.1, 0.15) is 60.6 Å². The fourth-order valence-electron chi connectivity index (χ4n) is 4.98. The monoisotopic (exact) mass is 427 g/mol. The average Bonchev–Trinajstić information content (AvgIpc) is 3.31. The Morgan fingerprint density at radius 2 is 1.69 bits per heavy atom. The number of nitrogens with one attached hydrogen (secondary N) is 1. The molecule has 2 aromatic heterocycles. The van der Waals surface area contributed by atoms with E-state index in [2.05, 4.69) is 75.0 Å². The Hall–Kier alpha value is -3.25. The van der Waals surface area contributed by atoms with Crippen LogP contribution >= 0.6 is 0 Å². The van der Waals surface area contributed by atoms with Crippen LogP contribution in [0.2, 0.25) is 0 Å². The first-order valence-electron chi connectivity index (χ1n) is 11.5. The maximum absolute atomic E-state index is 6.37. The Kier molecular flexibility index (Phi) is 6.12. The first-order valence-corrected chi connectivity index (χ1v) is 11.5. The normalized spacial score (nSPS) is 19.8. The number of benzene rings is 2. The van der Waals surface area contributed by atoms with Crippen molar-refractivity contribution in [3.63, 3.8) is 0 Å². The second kappa shape index (κ2) is 9.49. The topological polar surface area (TPSA) is 89.7 Å². The van der Waals surface area contributed by atoms with Crippen LogP contribution in [0.25, 0.3) is 11.2 Å². The molecule has 3 N–H and O–H groups in total. The van der Waals surface area contributed by atoms with Crippen LogP contribution in [-0.2, 0) is 4.74 Å². The number of ether oxygens (including phenoxy) is 1. The van der Waals surface area contributed by atoms with Gasteiger partial charge in [0.05, 0.1) is 6.10 Å². The molecule has 2 aromatic carbocycles. The number of nitrogen functional groups attached to an aromatic ring is 1. The second-order valence-corrected chi connectivity index (χ2v) is 8.65. The lowest BCUT2D eigenvalue weighted by Crippen LogP contribution is -2.22. The van der Waals surface area contributed by atoms with Gasteiger partial charge in [-0.3, -0.25) is 0 Å². The summed E-state index contributed by atoms with van der Waals surface area (Å²) in [5, 5.41) is 11.1. The number of nitrogens with zero attached hydrogens (tertiary/aromatic N) is 3. The molecule has 6 heteroatoms. The lowest BCUT2D eigenvalue weighted by molar-refractivity contribution is 0.0221. The molecule has 1 atom stereocenters. The Bertz CT molecular complexity index is 1140. The largest absolute Gasteiger partial charge is 0.384 e. The van der Waals surface area contributed by atoms with Gasteiger partial charge in [0.2, 0.25) is 0 Å². The van der Waals surface area contributed by atoms with Crippen molar-refractivity contribution in [2.45, 2.75) is 50.0 Å². The number of nitrogens with two attached hydrogens (primary N) is 1. The minimum atomic E-state index is 0.120. The van der Waals surface area contributed by atoms with Gasteiger partial charge in [-0.05, 0) is 60.8 Å². The lowest BCUT2D eigenvalue weighted by Gasteiger charge is -2.29. The van der Waals surface area contributed by atoms with Crippen molar-refractivity contribution >= 4 is 17.0 Å². The molecule has 5 rings (SSSR count). The highest BCUT2D eigenvalue weighted by atomic mass is 16.5. The lowest BCUT2D eigenvalue weighted by atomic mass is 9.83. The summed E-state index contributed by atoms with van der Waals surface area (Å²) in [5.74, 6) is 1.25. The summed E-state index contributed by atoms with van der Waals surface area (Å²) in [4.78, 5) is 4.32. The third kappa shape index (κ3) is 4.50. The molecule has 0 radical (unpaired) electrons. The van der Waals surface area contributed by atoms with E-state index in [0.29, 0.717) is 30.1 Å². The standard InChI is InChI=1S/C26H29N5O/c27-24-17-23(25-26(28-24)30-31-29-25)22(20-9-5-2-6-10-20)15-16-32-21-13-11-19(12-14-21)18-7-3-1-4-8-18/h1-10,17,19,21-22H,11-16H2,(H3,27,28,29,30,31)/t19-,21-,22?. The van der Waals surface area contributed by atoms with Crippen LogP contribution in [-0.4, -0.2) is 33.1 Å². The zero-order chi connectivity index (χ0) is 21.8.